The van der Waals surface area contributed by atoms with Gasteiger partial charge in [-0.05, 0) is 12.8 Å². The van der Waals surface area contributed by atoms with Crippen LogP contribution in [0.15, 0.2) is 11.5 Å². The average Bonchev–Trinajstić information content (AvgIpc) is 2.77. The van der Waals surface area contributed by atoms with Crippen molar-refractivity contribution in [1.29, 1.82) is 5.26 Å². The molecule has 0 bridgehead atoms. The number of hydrogen-bond acceptors (Lipinski definition) is 3. The monoisotopic (exact) mass is 220 g/mol. The first-order valence-electron chi connectivity index (χ1n) is 5.88. The van der Waals surface area contributed by atoms with E-state index < -0.39 is 0 Å². The zero-order valence-electron chi connectivity index (χ0n) is 9.29. The van der Waals surface area contributed by atoms with Crippen molar-refractivity contribution in [3.63, 3.8) is 0 Å². The number of ether oxygens (including phenoxy) is 1. The first-order chi connectivity index (χ1) is 7.81. The number of nitrogens with zero attached hydrogens (tertiary/aromatic N) is 1. The third-order valence-corrected chi connectivity index (χ3v) is 3.22. The summed E-state index contributed by atoms with van der Waals surface area (Å²) in [6, 6.07) is 2.06. The SMILES string of the molecule is N#CC1=C(NC(=O)C2CCCCC2)OCC1. The topological polar surface area (TPSA) is 62.1 Å². The van der Waals surface area contributed by atoms with Crippen molar-refractivity contribution in [2.45, 2.75) is 38.5 Å². The highest BCUT2D eigenvalue weighted by Gasteiger charge is 2.24. The van der Waals surface area contributed by atoms with Crippen LogP contribution in [0.4, 0.5) is 0 Å². The Morgan fingerprint density at radius 3 is 2.81 bits per heavy atom. The Kier molecular flexibility index (Phi) is 3.45. The van der Waals surface area contributed by atoms with Crippen LogP contribution in [0.2, 0.25) is 0 Å². The first-order valence-corrected chi connectivity index (χ1v) is 5.88. The van der Waals surface area contributed by atoms with E-state index in [2.05, 4.69) is 11.4 Å². The van der Waals surface area contributed by atoms with E-state index in [-0.39, 0.29) is 11.8 Å². The minimum absolute atomic E-state index is 0.0179. The van der Waals surface area contributed by atoms with Crippen LogP contribution in [0, 0.1) is 17.2 Å². The Hall–Kier alpha value is -1.50. The van der Waals surface area contributed by atoms with Gasteiger partial charge >= 0.3 is 0 Å². The maximum absolute atomic E-state index is 11.9. The standard InChI is InChI=1S/C12H16N2O2/c13-8-10-6-7-16-12(10)14-11(15)9-4-2-1-3-5-9/h9H,1-7H2,(H,14,15). The van der Waals surface area contributed by atoms with Crippen LogP contribution >= 0.6 is 0 Å². The highest BCUT2D eigenvalue weighted by Crippen LogP contribution is 2.24. The van der Waals surface area contributed by atoms with Gasteiger partial charge < -0.3 is 4.74 Å². The molecule has 2 rings (SSSR count). The van der Waals surface area contributed by atoms with E-state index >= 15 is 0 Å². The Bertz CT molecular complexity index is 349. The van der Waals surface area contributed by atoms with Gasteiger partial charge in [0.2, 0.25) is 11.8 Å². The molecule has 16 heavy (non-hydrogen) atoms. The minimum Gasteiger partial charge on any atom is -0.478 e. The van der Waals surface area contributed by atoms with Crippen molar-refractivity contribution in [2.24, 2.45) is 5.92 Å². The quantitative estimate of drug-likeness (QED) is 0.772. The van der Waals surface area contributed by atoms with Crippen LogP contribution in [0.3, 0.4) is 0 Å². The highest BCUT2D eigenvalue weighted by atomic mass is 16.5. The molecule has 86 valence electrons. The van der Waals surface area contributed by atoms with Crippen molar-refractivity contribution in [3.8, 4) is 6.07 Å². The molecule has 4 nitrogen and oxygen atoms in total. The Morgan fingerprint density at radius 2 is 2.12 bits per heavy atom. The number of carbonyl (C=O) groups excluding carboxylic acids is 1. The number of amides is 1. The normalized spacial score (nSPS) is 21.4. The summed E-state index contributed by atoms with van der Waals surface area (Å²) in [7, 11) is 0. The van der Waals surface area contributed by atoms with E-state index in [9.17, 15) is 4.79 Å². The van der Waals surface area contributed by atoms with E-state index in [4.69, 9.17) is 10.00 Å². The molecule has 4 heteroatoms. The molecule has 0 saturated heterocycles. The molecule has 0 radical (unpaired) electrons. The van der Waals surface area contributed by atoms with Gasteiger partial charge in [0.1, 0.15) is 6.07 Å². The van der Waals surface area contributed by atoms with Gasteiger partial charge in [0.15, 0.2) is 0 Å². The van der Waals surface area contributed by atoms with Crippen LogP contribution in [0.5, 0.6) is 0 Å². The number of nitriles is 1. The maximum Gasteiger partial charge on any atom is 0.229 e. The van der Waals surface area contributed by atoms with E-state index in [1.54, 1.807) is 0 Å². The molecule has 0 aromatic carbocycles. The third-order valence-electron chi connectivity index (χ3n) is 3.22. The molecule has 2 aliphatic rings. The number of rotatable bonds is 2. The first kappa shape index (κ1) is 11.0. The maximum atomic E-state index is 11.9. The minimum atomic E-state index is 0.0179. The molecule has 1 N–H and O–H groups in total. The second-order valence-corrected chi connectivity index (χ2v) is 4.34. The summed E-state index contributed by atoms with van der Waals surface area (Å²) in [6.45, 7) is 0.503. The Morgan fingerprint density at radius 1 is 1.38 bits per heavy atom. The molecular weight excluding hydrogens is 204 g/mol. The van der Waals surface area contributed by atoms with E-state index in [1.807, 2.05) is 0 Å². The average molecular weight is 220 g/mol. The lowest BCUT2D eigenvalue weighted by Gasteiger charge is -2.20. The smallest absolute Gasteiger partial charge is 0.229 e. The zero-order chi connectivity index (χ0) is 11.4. The van der Waals surface area contributed by atoms with Gasteiger partial charge in [0.05, 0.1) is 12.2 Å². The van der Waals surface area contributed by atoms with Gasteiger partial charge in [-0.3, -0.25) is 10.1 Å². The lowest BCUT2D eigenvalue weighted by molar-refractivity contribution is -0.126. The summed E-state index contributed by atoms with van der Waals surface area (Å²) in [5, 5.41) is 11.6. The zero-order valence-corrected chi connectivity index (χ0v) is 9.29. The Balaban J connectivity index is 1.94. The van der Waals surface area contributed by atoms with Crippen molar-refractivity contribution >= 4 is 5.91 Å². The molecule has 1 aliphatic carbocycles. The van der Waals surface area contributed by atoms with Crippen LogP contribution < -0.4 is 5.32 Å². The fourth-order valence-electron chi connectivity index (χ4n) is 2.25. The fourth-order valence-corrected chi connectivity index (χ4v) is 2.25. The fraction of sp³-hybridized carbons (Fsp3) is 0.667. The third kappa shape index (κ3) is 2.35. The lowest BCUT2D eigenvalue weighted by atomic mass is 9.89. The molecule has 0 aromatic rings. The van der Waals surface area contributed by atoms with Crippen molar-refractivity contribution < 1.29 is 9.53 Å². The number of hydrogen-bond donors (Lipinski definition) is 1. The van der Waals surface area contributed by atoms with Gasteiger partial charge in [-0.25, -0.2) is 0 Å². The number of nitrogens with one attached hydrogen (secondary N) is 1. The van der Waals surface area contributed by atoms with E-state index in [1.165, 1.54) is 6.42 Å². The molecule has 0 atom stereocenters. The predicted octanol–water partition coefficient (Wildman–Crippen LogP) is 1.84. The van der Waals surface area contributed by atoms with Gasteiger partial charge in [-0.15, -0.1) is 0 Å². The largest absolute Gasteiger partial charge is 0.478 e. The summed E-state index contributed by atoms with van der Waals surface area (Å²) in [6.07, 6.45) is 6.01. The molecule has 1 fully saturated rings. The summed E-state index contributed by atoms with van der Waals surface area (Å²) < 4.78 is 5.24. The van der Waals surface area contributed by atoms with Crippen LogP contribution in [0.1, 0.15) is 38.5 Å². The summed E-state index contributed by atoms with van der Waals surface area (Å²) in [5.41, 5.74) is 0.559. The van der Waals surface area contributed by atoms with E-state index in [0.29, 0.717) is 24.5 Å². The van der Waals surface area contributed by atoms with Gasteiger partial charge in [0.25, 0.3) is 0 Å². The predicted molar refractivity (Wildman–Crippen MR) is 57.9 cm³/mol. The van der Waals surface area contributed by atoms with E-state index in [0.717, 1.165) is 25.7 Å². The molecular formula is C12H16N2O2. The van der Waals surface area contributed by atoms with Gasteiger partial charge in [-0.1, -0.05) is 19.3 Å². The molecule has 0 unspecified atom stereocenters. The Labute approximate surface area is 95.3 Å². The van der Waals surface area contributed by atoms with Crippen LogP contribution in [0.25, 0.3) is 0 Å². The molecule has 1 aliphatic heterocycles. The molecule has 1 heterocycles. The van der Waals surface area contributed by atoms with Crippen LogP contribution in [-0.4, -0.2) is 12.5 Å². The highest BCUT2D eigenvalue weighted by molar-refractivity contribution is 5.80. The summed E-state index contributed by atoms with van der Waals surface area (Å²) >= 11 is 0. The molecule has 1 saturated carbocycles. The molecule has 0 aromatic heterocycles. The van der Waals surface area contributed by atoms with Crippen molar-refractivity contribution in [2.75, 3.05) is 6.61 Å². The van der Waals surface area contributed by atoms with Crippen LogP contribution in [-0.2, 0) is 9.53 Å². The van der Waals surface area contributed by atoms with Gasteiger partial charge in [-0.2, -0.15) is 5.26 Å². The molecule has 1 amide bonds. The molecule has 0 spiro atoms. The second kappa shape index (κ2) is 5.02. The summed E-state index contributed by atoms with van der Waals surface area (Å²) in [4.78, 5) is 11.9. The van der Waals surface area contributed by atoms with Crippen molar-refractivity contribution in [1.82, 2.24) is 5.32 Å². The number of carbonyl (C=O) groups is 1. The van der Waals surface area contributed by atoms with Crippen molar-refractivity contribution in [3.05, 3.63) is 11.5 Å². The summed E-state index contributed by atoms with van der Waals surface area (Å²) in [5.74, 6) is 0.507. The second-order valence-electron chi connectivity index (χ2n) is 4.34. The van der Waals surface area contributed by atoms with Gasteiger partial charge in [0, 0.05) is 12.3 Å². The lowest BCUT2D eigenvalue weighted by Crippen LogP contribution is -2.31.